The predicted molar refractivity (Wildman–Crippen MR) is 35.8 cm³/mol. The molecular weight excluding hydrogens is 116 g/mol. The summed E-state index contributed by atoms with van der Waals surface area (Å²) in [7, 11) is 2.97. The highest BCUT2D eigenvalue weighted by molar-refractivity contribution is 5.97. The maximum absolute atomic E-state index is 4.80. The molecule has 47 valence electrons. The second kappa shape index (κ2) is 3.25. The Morgan fingerprint density at radius 3 is 2.12 bits per heavy atom. The first-order valence-corrected chi connectivity index (χ1v) is 3.32. The van der Waals surface area contributed by atoms with Crippen LogP contribution in [0.2, 0.25) is 0 Å². The fourth-order valence-corrected chi connectivity index (χ4v) is 0.688. The normalized spacial score (nSPS) is 12.0. The highest BCUT2D eigenvalue weighted by Crippen LogP contribution is 2.18. The van der Waals surface area contributed by atoms with Crippen LogP contribution in [-0.2, 0) is 4.43 Å². The first-order valence-electron chi connectivity index (χ1n) is 2.91. The second-order valence-electron chi connectivity index (χ2n) is 2.81. The van der Waals surface area contributed by atoms with Gasteiger partial charge < -0.3 is 4.43 Å². The van der Waals surface area contributed by atoms with Gasteiger partial charge in [-0.2, -0.15) is 0 Å². The van der Waals surface area contributed by atoms with Gasteiger partial charge in [0.1, 0.15) is 0 Å². The van der Waals surface area contributed by atoms with E-state index in [0.717, 1.165) is 13.0 Å². The van der Waals surface area contributed by atoms with Gasteiger partial charge in [0.15, 0.2) is 0 Å². The molecule has 3 radical (unpaired) electrons. The van der Waals surface area contributed by atoms with E-state index in [1.54, 1.807) is 0 Å². The van der Waals surface area contributed by atoms with Crippen LogP contribution in [0.5, 0.6) is 0 Å². The number of hydrogen-bond acceptors (Lipinski definition) is 1. The van der Waals surface area contributed by atoms with Crippen molar-refractivity contribution in [1.29, 1.82) is 0 Å². The average molecular weight is 129 g/mol. The van der Waals surface area contributed by atoms with Crippen LogP contribution in [-0.4, -0.2) is 17.1 Å². The quantitative estimate of drug-likeness (QED) is 0.525. The minimum absolute atomic E-state index is 0.321. The van der Waals surface area contributed by atoms with E-state index in [0.29, 0.717) is 5.41 Å². The van der Waals surface area contributed by atoms with E-state index in [1.807, 2.05) is 0 Å². The van der Waals surface area contributed by atoms with Crippen molar-refractivity contribution in [2.45, 2.75) is 27.2 Å². The molecule has 0 amide bonds. The Bertz CT molecular complexity index is 61.5. The molecule has 0 aliphatic heterocycles. The van der Waals surface area contributed by atoms with Crippen molar-refractivity contribution in [3.8, 4) is 0 Å². The van der Waals surface area contributed by atoms with Gasteiger partial charge in [-0.05, 0) is 11.8 Å². The van der Waals surface area contributed by atoms with Crippen molar-refractivity contribution < 1.29 is 4.43 Å². The van der Waals surface area contributed by atoms with Gasteiger partial charge in [-0.25, -0.2) is 0 Å². The Kier molecular flexibility index (Phi) is 3.32. The van der Waals surface area contributed by atoms with Gasteiger partial charge in [-0.15, -0.1) is 0 Å². The zero-order valence-corrected chi connectivity index (χ0v) is 6.82. The highest BCUT2D eigenvalue weighted by atomic mass is 28.2. The minimum Gasteiger partial charge on any atom is -0.418 e. The topological polar surface area (TPSA) is 9.23 Å². The molecule has 0 aliphatic carbocycles. The van der Waals surface area contributed by atoms with Gasteiger partial charge >= 0.3 is 0 Å². The Labute approximate surface area is 55.0 Å². The van der Waals surface area contributed by atoms with Crippen molar-refractivity contribution >= 4 is 10.5 Å². The van der Waals surface area contributed by atoms with E-state index in [9.17, 15) is 0 Å². The Morgan fingerprint density at radius 2 is 2.00 bits per heavy atom. The molecule has 0 aromatic heterocycles. The highest BCUT2D eigenvalue weighted by Gasteiger charge is 2.12. The van der Waals surface area contributed by atoms with Crippen LogP contribution in [0.4, 0.5) is 0 Å². The van der Waals surface area contributed by atoms with E-state index >= 15 is 0 Å². The molecule has 0 aromatic carbocycles. The van der Waals surface area contributed by atoms with Crippen LogP contribution < -0.4 is 0 Å². The predicted octanol–water partition coefficient (Wildman–Crippen LogP) is 1.52. The first-order chi connectivity index (χ1) is 3.62. The lowest BCUT2D eigenvalue weighted by atomic mass is 9.92. The molecule has 0 fully saturated rings. The zero-order valence-electron chi connectivity index (χ0n) is 5.82. The molecular formula is C6H13OSi. The van der Waals surface area contributed by atoms with E-state index in [1.165, 1.54) is 0 Å². The van der Waals surface area contributed by atoms with Gasteiger partial charge in [0.2, 0.25) is 10.5 Å². The maximum atomic E-state index is 4.80. The minimum atomic E-state index is 0.321. The van der Waals surface area contributed by atoms with Gasteiger partial charge in [-0.3, -0.25) is 0 Å². The molecule has 0 saturated heterocycles. The molecule has 0 atom stereocenters. The summed E-state index contributed by atoms with van der Waals surface area (Å²) >= 11 is 0. The molecule has 0 unspecified atom stereocenters. The van der Waals surface area contributed by atoms with Crippen LogP contribution in [0, 0.1) is 5.41 Å². The molecule has 0 bridgehead atoms. The van der Waals surface area contributed by atoms with E-state index in [2.05, 4.69) is 31.3 Å². The van der Waals surface area contributed by atoms with E-state index in [-0.39, 0.29) is 0 Å². The summed E-state index contributed by atoms with van der Waals surface area (Å²) in [5, 5.41) is 0. The lowest BCUT2D eigenvalue weighted by Gasteiger charge is -2.20. The summed E-state index contributed by atoms with van der Waals surface area (Å²) < 4.78 is 4.80. The Hall–Kier alpha value is 0.177. The molecule has 2 heteroatoms. The van der Waals surface area contributed by atoms with Crippen molar-refractivity contribution in [2.24, 2.45) is 5.41 Å². The summed E-state index contributed by atoms with van der Waals surface area (Å²) in [6, 6.07) is 0. The fourth-order valence-electron chi connectivity index (χ4n) is 0.297. The smallest absolute Gasteiger partial charge is 0.246 e. The summed E-state index contributed by atoms with van der Waals surface area (Å²) in [4.78, 5) is 0. The maximum Gasteiger partial charge on any atom is 0.246 e. The zero-order chi connectivity index (χ0) is 6.62. The first kappa shape index (κ1) is 8.18. The molecule has 0 saturated carbocycles. The Morgan fingerprint density at radius 1 is 1.50 bits per heavy atom. The summed E-state index contributed by atoms with van der Waals surface area (Å²) in [5.74, 6) is 0. The standard InChI is InChI=1S/C6H13OSi/c1-4-6(2,3)5-7-8/h4-5H2,1-3H3. The number of rotatable bonds is 3. The molecule has 0 spiro atoms. The van der Waals surface area contributed by atoms with Gasteiger partial charge in [-0.1, -0.05) is 20.8 Å². The molecule has 8 heavy (non-hydrogen) atoms. The van der Waals surface area contributed by atoms with Crippen LogP contribution >= 0.6 is 0 Å². The molecule has 0 aromatic rings. The third kappa shape index (κ3) is 3.21. The van der Waals surface area contributed by atoms with Crippen molar-refractivity contribution in [3.05, 3.63) is 0 Å². The average Bonchev–Trinajstić information content (AvgIpc) is 1.67. The largest absolute Gasteiger partial charge is 0.418 e. The molecule has 1 nitrogen and oxygen atoms in total. The summed E-state index contributed by atoms with van der Waals surface area (Å²) in [6.07, 6.45) is 1.15. The van der Waals surface area contributed by atoms with Gasteiger partial charge in [0.05, 0.1) is 0 Å². The summed E-state index contributed by atoms with van der Waals surface area (Å²) in [6.45, 7) is 7.28. The monoisotopic (exact) mass is 129 g/mol. The molecule has 0 heterocycles. The van der Waals surface area contributed by atoms with Crippen LogP contribution in [0.3, 0.4) is 0 Å². The Balaban J connectivity index is 3.37. The summed E-state index contributed by atoms with van der Waals surface area (Å²) in [5.41, 5.74) is 0.321. The van der Waals surface area contributed by atoms with Gasteiger partial charge in [0.25, 0.3) is 0 Å². The lowest BCUT2D eigenvalue weighted by molar-refractivity contribution is 0.188. The SMILES string of the molecule is CCC(C)(C)CO[Si]. The third-order valence-electron chi connectivity index (χ3n) is 1.42. The molecule has 0 rings (SSSR count). The van der Waals surface area contributed by atoms with Gasteiger partial charge in [0, 0.05) is 6.61 Å². The third-order valence-corrected chi connectivity index (χ3v) is 1.56. The van der Waals surface area contributed by atoms with Crippen molar-refractivity contribution in [1.82, 2.24) is 0 Å². The van der Waals surface area contributed by atoms with Crippen LogP contribution in [0.15, 0.2) is 0 Å². The molecule has 0 N–H and O–H groups in total. The van der Waals surface area contributed by atoms with E-state index < -0.39 is 0 Å². The number of hydrogen-bond donors (Lipinski definition) is 0. The molecule has 0 aliphatic rings. The van der Waals surface area contributed by atoms with E-state index in [4.69, 9.17) is 4.43 Å². The lowest BCUT2D eigenvalue weighted by Crippen LogP contribution is -2.16. The van der Waals surface area contributed by atoms with Crippen LogP contribution in [0.25, 0.3) is 0 Å². The second-order valence-corrected chi connectivity index (χ2v) is 3.10. The fraction of sp³-hybridized carbons (Fsp3) is 1.00. The van der Waals surface area contributed by atoms with Crippen molar-refractivity contribution in [2.75, 3.05) is 6.61 Å². The van der Waals surface area contributed by atoms with Crippen LogP contribution in [0.1, 0.15) is 27.2 Å². The van der Waals surface area contributed by atoms with Crippen molar-refractivity contribution in [3.63, 3.8) is 0 Å².